The Labute approximate surface area is 473 Å². The molecule has 2 aliphatic carbocycles. The Morgan fingerprint density at radius 2 is 0.675 bits per heavy atom. The molecule has 9 aromatic rings. The Morgan fingerprint density at radius 1 is 0.375 bits per heavy atom. The van der Waals surface area contributed by atoms with Gasteiger partial charge in [0.15, 0.2) is 0 Å². The Morgan fingerprint density at radius 3 is 0.963 bits per heavy atom. The third-order valence-electron chi connectivity index (χ3n) is 13.3. The van der Waals surface area contributed by atoms with Crippen LogP contribution in [0.4, 0.5) is 10.0 Å². The highest BCUT2D eigenvalue weighted by atomic mass is 32.1. The highest BCUT2D eigenvalue weighted by Gasteiger charge is 2.63. The molecule has 4 aromatic heterocycles. The van der Waals surface area contributed by atoms with Gasteiger partial charge >= 0.3 is 23.9 Å². The number of fused-ring (bicyclic) bond motifs is 6. The molecule has 14 nitrogen and oxygen atoms in total. The summed E-state index contributed by atoms with van der Waals surface area (Å²) in [6.07, 6.45) is 0. The van der Waals surface area contributed by atoms with Crippen molar-refractivity contribution in [3.8, 4) is 64.7 Å². The molecule has 18 heteroatoms. The smallest absolute Gasteiger partial charge is 0.333 e. The summed E-state index contributed by atoms with van der Waals surface area (Å²) in [5.74, 6) is -3.80. The van der Waals surface area contributed by atoms with Gasteiger partial charge in [-0.15, -0.1) is 45.3 Å². The van der Waals surface area contributed by atoms with Gasteiger partial charge in [-0.25, -0.2) is 9.98 Å². The van der Waals surface area contributed by atoms with Crippen LogP contribution < -0.4 is 0 Å². The lowest BCUT2D eigenvalue weighted by atomic mass is 9.75. The van der Waals surface area contributed by atoms with Gasteiger partial charge in [-0.1, -0.05) is 121 Å². The van der Waals surface area contributed by atoms with E-state index in [-0.39, 0.29) is 60.1 Å². The second kappa shape index (κ2) is 22.2. The zero-order chi connectivity index (χ0) is 55.4. The predicted molar refractivity (Wildman–Crippen MR) is 303 cm³/mol. The fraction of sp³-hybridized carbons (Fsp3) is 0.0968. The summed E-state index contributed by atoms with van der Waals surface area (Å²) in [7, 11) is 0. The van der Waals surface area contributed by atoms with Gasteiger partial charge in [-0.05, 0) is 93.0 Å². The summed E-state index contributed by atoms with van der Waals surface area (Å²) in [5, 5.41) is 38.7. The number of hydrogen-bond donors (Lipinski definition) is 0. The fourth-order valence-electron chi connectivity index (χ4n) is 9.65. The molecule has 0 amide bonds. The molecule has 11 rings (SSSR count). The molecule has 0 saturated carbocycles. The molecule has 0 atom stereocenters. The molecule has 4 heterocycles. The van der Waals surface area contributed by atoms with Crippen LogP contribution in [0.2, 0.25) is 0 Å². The van der Waals surface area contributed by atoms with Gasteiger partial charge in [0.05, 0.1) is 0 Å². The Balaban J connectivity index is 1.16. The molecule has 0 saturated heterocycles. The van der Waals surface area contributed by atoms with Crippen LogP contribution in [0.15, 0.2) is 180 Å². The number of ether oxygens (including phenoxy) is 4. The first-order chi connectivity index (χ1) is 39.1. The molecule has 5 aromatic carbocycles. The lowest BCUT2D eigenvalue weighted by molar-refractivity contribution is -0.166. The quantitative estimate of drug-likeness (QED) is 0.0381. The molecule has 0 N–H and O–H groups in total. The molecule has 0 fully saturated rings. The summed E-state index contributed by atoms with van der Waals surface area (Å²) in [5.41, 5.74) is -1.30. The van der Waals surface area contributed by atoms with Crippen molar-refractivity contribution in [2.75, 3.05) is 0 Å². The minimum absolute atomic E-state index is 0.171. The first-order valence-electron chi connectivity index (χ1n) is 24.4. The summed E-state index contributed by atoms with van der Waals surface area (Å²) in [6, 6.07) is 56.7. The standard InChI is InChI=1S/C62H36N6O8S4/c63-29-41(30-64)67-53-23-21-49(77-53)51-27-47-55(79-51)43-26-46-44(25-45(43)61(47,57(69)73-33-37-13-5-1-6-14-37)58(70)74-34-38-15-7-2-8-16-38)56-48(28-52(80-56)50-22-24-54(78-50)68-42(31-65)32-66)62(46,59(71)75-35-39-17-9-3-10-18-39)60(72)76-36-40-19-11-4-12-20-40/h1-28H,33-36H2. The van der Waals surface area contributed by atoms with Crippen molar-refractivity contribution in [1.29, 1.82) is 21.0 Å². The molecule has 386 valence electrons. The second-order valence-corrected chi connectivity index (χ2v) is 22.3. The Kier molecular flexibility index (Phi) is 14.5. The fourth-order valence-corrected chi connectivity index (χ4v) is 14.1. The highest BCUT2D eigenvalue weighted by Crippen LogP contribution is 2.62. The maximum Gasteiger partial charge on any atom is 0.333 e. The van der Waals surface area contributed by atoms with E-state index in [1.807, 2.05) is 24.3 Å². The predicted octanol–water partition coefficient (Wildman–Crippen LogP) is 13.0. The summed E-state index contributed by atoms with van der Waals surface area (Å²) >= 11 is 4.84. The van der Waals surface area contributed by atoms with Gasteiger partial charge < -0.3 is 18.9 Å². The van der Waals surface area contributed by atoms with Crippen molar-refractivity contribution in [1.82, 2.24) is 0 Å². The number of benzene rings is 5. The van der Waals surface area contributed by atoms with E-state index in [1.165, 1.54) is 45.3 Å². The molecular weight excluding hydrogens is 1080 g/mol. The van der Waals surface area contributed by atoms with E-state index in [9.17, 15) is 21.0 Å². The van der Waals surface area contributed by atoms with Crippen LogP contribution in [-0.2, 0) is 75.4 Å². The maximum atomic E-state index is 15.7. The molecular formula is C62H36N6O8S4. The van der Waals surface area contributed by atoms with E-state index in [0.29, 0.717) is 72.6 Å². The number of carbonyl (C=O) groups excluding carboxylic acids is 4. The minimum Gasteiger partial charge on any atom is -0.459 e. The zero-order valence-electron chi connectivity index (χ0n) is 41.6. The first kappa shape index (κ1) is 52.1. The number of nitriles is 4. The van der Waals surface area contributed by atoms with Crippen molar-refractivity contribution in [3.05, 3.63) is 214 Å². The molecule has 0 bridgehead atoms. The zero-order valence-corrected chi connectivity index (χ0v) is 44.8. The van der Waals surface area contributed by atoms with Crippen LogP contribution in [0, 0.1) is 45.3 Å². The molecule has 80 heavy (non-hydrogen) atoms. The summed E-state index contributed by atoms with van der Waals surface area (Å²) in [4.78, 5) is 74.5. The van der Waals surface area contributed by atoms with Gasteiger partial charge in [0, 0.05) is 40.4 Å². The van der Waals surface area contributed by atoms with Crippen molar-refractivity contribution in [2.24, 2.45) is 9.98 Å². The third-order valence-corrected chi connectivity index (χ3v) is 18.0. The minimum atomic E-state index is -2.32. The lowest BCUT2D eigenvalue weighted by Gasteiger charge is -2.29. The lowest BCUT2D eigenvalue weighted by Crippen LogP contribution is -2.46. The number of rotatable bonds is 16. The molecule has 0 radical (unpaired) electrons. The van der Waals surface area contributed by atoms with Crippen molar-refractivity contribution >= 4 is 90.6 Å². The number of esters is 4. The van der Waals surface area contributed by atoms with Crippen LogP contribution in [-0.4, -0.2) is 35.3 Å². The normalized spacial score (nSPS) is 12.6. The van der Waals surface area contributed by atoms with E-state index in [2.05, 4.69) is 9.98 Å². The van der Waals surface area contributed by atoms with Crippen molar-refractivity contribution in [3.63, 3.8) is 0 Å². The topological polar surface area (TPSA) is 225 Å². The maximum absolute atomic E-state index is 15.7. The van der Waals surface area contributed by atoms with Gasteiger partial charge in [-0.2, -0.15) is 21.0 Å². The number of nitrogens with zero attached hydrogens (tertiary/aromatic N) is 6. The summed E-state index contributed by atoms with van der Waals surface area (Å²) < 4.78 is 25.0. The van der Waals surface area contributed by atoms with Gasteiger partial charge in [0.25, 0.3) is 0 Å². The first-order valence-corrected chi connectivity index (χ1v) is 27.7. The van der Waals surface area contributed by atoms with Crippen LogP contribution in [0.1, 0.15) is 44.5 Å². The van der Waals surface area contributed by atoms with E-state index in [1.54, 1.807) is 170 Å². The number of hydrogen-bond acceptors (Lipinski definition) is 18. The van der Waals surface area contributed by atoms with E-state index < -0.39 is 34.7 Å². The van der Waals surface area contributed by atoms with Crippen molar-refractivity contribution < 1.29 is 38.1 Å². The van der Waals surface area contributed by atoms with Crippen molar-refractivity contribution in [2.45, 2.75) is 37.3 Å². The molecule has 0 spiro atoms. The Hall–Kier alpha value is -9.92. The Bertz CT molecular complexity index is 3760. The third kappa shape index (κ3) is 9.45. The summed E-state index contributed by atoms with van der Waals surface area (Å²) in [6.45, 7) is -0.867. The van der Waals surface area contributed by atoms with E-state index >= 15 is 19.2 Å². The SMILES string of the molecule is N#CC(C#N)=Nc1ccc(-c2cc3c(s2)-c2cc4c(cc2C3(C(=O)OCc2ccccc2)C(=O)OCc2ccccc2)-c2sc(-c3ccc(N=C(C#N)C#N)s3)cc2C4(C(=O)OCc2ccccc2)C(=O)OCc2ccccc2)s1. The van der Waals surface area contributed by atoms with Gasteiger partial charge in [0.1, 0.15) is 60.7 Å². The molecule has 0 unspecified atom stereocenters. The average molecular weight is 1120 g/mol. The second-order valence-electron chi connectivity index (χ2n) is 18.0. The molecule has 2 aliphatic rings. The van der Waals surface area contributed by atoms with Crippen LogP contribution >= 0.6 is 45.3 Å². The van der Waals surface area contributed by atoms with Crippen LogP contribution in [0.5, 0.6) is 0 Å². The van der Waals surface area contributed by atoms with Crippen LogP contribution in [0.3, 0.4) is 0 Å². The largest absolute Gasteiger partial charge is 0.459 e. The van der Waals surface area contributed by atoms with Gasteiger partial charge in [-0.3, -0.25) is 19.2 Å². The molecule has 0 aliphatic heterocycles. The van der Waals surface area contributed by atoms with E-state index in [0.717, 1.165) is 0 Å². The average Bonchev–Trinajstić information content (AvgIpc) is 4.57. The highest BCUT2D eigenvalue weighted by molar-refractivity contribution is 7.26. The van der Waals surface area contributed by atoms with Crippen LogP contribution in [0.25, 0.3) is 40.4 Å². The number of aliphatic imine (C=N–C) groups is 2. The van der Waals surface area contributed by atoms with E-state index in [4.69, 9.17) is 18.9 Å². The number of thiophene rings is 4. The monoisotopic (exact) mass is 1120 g/mol. The number of carbonyl (C=O) groups is 4. The van der Waals surface area contributed by atoms with Gasteiger partial charge in [0.2, 0.25) is 22.3 Å².